The maximum atomic E-state index is 9.73. The molecule has 2 rings (SSSR count). The Kier molecular flexibility index (Phi) is 2.22. The fourth-order valence-corrected chi connectivity index (χ4v) is 1.97. The van der Waals surface area contributed by atoms with Crippen LogP contribution < -0.4 is 0 Å². The average molecular weight is 188 g/mol. The Bertz CT molecular complexity index is 406. The highest BCUT2D eigenvalue weighted by Crippen LogP contribution is 2.30. The highest BCUT2D eigenvalue weighted by Gasteiger charge is 2.22. The van der Waals surface area contributed by atoms with Crippen molar-refractivity contribution < 1.29 is 5.11 Å². The highest BCUT2D eigenvalue weighted by molar-refractivity contribution is 5.43. The van der Waals surface area contributed by atoms with Crippen molar-refractivity contribution in [2.45, 2.75) is 32.3 Å². The van der Waals surface area contributed by atoms with Gasteiger partial charge in [-0.3, -0.25) is 4.98 Å². The van der Waals surface area contributed by atoms with E-state index in [1.807, 2.05) is 6.92 Å². The fraction of sp³-hybridized carbons (Fsp3) is 0.455. The number of aryl methyl sites for hydroxylation is 1. The van der Waals surface area contributed by atoms with E-state index >= 15 is 0 Å². The van der Waals surface area contributed by atoms with E-state index in [9.17, 15) is 5.11 Å². The van der Waals surface area contributed by atoms with Crippen LogP contribution in [0, 0.1) is 18.3 Å². The quantitative estimate of drug-likeness (QED) is 0.673. The molecule has 0 amide bonds. The van der Waals surface area contributed by atoms with Crippen LogP contribution >= 0.6 is 0 Å². The first kappa shape index (κ1) is 9.17. The zero-order chi connectivity index (χ0) is 10.1. The standard InChI is InChI=1S/C11H12N2O/c1-7-5-8(6-12)9-3-2-4-10(14)11(9)13-7/h5,10,14H,2-4H2,1H3. The molecule has 0 spiro atoms. The van der Waals surface area contributed by atoms with Crippen molar-refractivity contribution >= 4 is 0 Å². The van der Waals surface area contributed by atoms with Crippen LogP contribution in [-0.2, 0) is 6.42 Å². The van der Waals surface area contributed by atoms with Crippen LogP contribution in [0.3, 0.4) is 0 Å². The molecule has 0 fully saturated rings. The Morgan fingerprint density at radius 2 is 2.43 bits per heavy atom. The Morgan fingerprint density at radius 1 is 1.64 bits per heavy atom. The summed E-state index contributed by atoms with van der Waals surface area (Å²) in [7, 11) is 0. The zero-order valence-corrected chi connectivity index (χ0v) is 8.12. The van der Waals surface area contributed by atoms with Gasteiger partial charge >= 0.3 is 0 Å². The molecule has 1 aromatic rings. The van der Waals surface area contributed by atoms with Gasteiger partial charge in [0.1, 0.15) is 0 Å². The number of aromatic nitrogens is 1. The fourth-order valence-electron chi connectivity index (χ4n) is 1.97. The van der Waals surface area contributed by atoms with Gasteiger partial charge in [-0.05, 0) is 37.8 Å². The number of hydrogen-bond acceptors (Lipinski definition) is 3. The molecular formula is C11H12N2O. The summed E-state index contributed by atoms with van der Waals surface area (Å²) in [6.45, 7) is 1.85. The third kappa shape index (κ3) is 1.38. The summed E-state index contributed by atoms with van der Waals surface area (Å²) in [4.78, 5) is 4.30. The minimum absolute atomic E-state index is 0.481. The second-order valence-electron chi connectivity index (χ2n) is 3.69. The summed E-state index contributed by atoms with van der Waals surface area (Å²) >= 11 is 0. The summed E-state index contributed by atoms with van der Waals surface area (Å²) in [5.41, 5.74) is 3.14. The van der Waals surface area contributed by atoms with Gasteiger partial charge in [-0.15, -0.1) is 0 Å². The summed E-state index contributed by atoms with van der Waals surface area (Å²) in [6.07, 6.45) is 2.08. The van der Waals surface area contributed by atoms with Crippen LogP contribution in [0.2, 0.25) is 0 Å². The minimum Gasteiger partial charge on any atom is -0.387 e. The summed E-state index contributed by atoms with van der Waals surface area (Å²) in [6, 6.07) is 3.95. The van der Waals surface area contributed by atoms with Gasteiger partial charge in [0.05, 0.1) is 23.4 Å². The lowest BCUT2D eigenvalue weighted by atomic mass is 9.90. The maximum Gasteiger partial charge on any atom is 0.0995 e. The number of fused-ring (bicyclic) bond motifs is 1. The minimum atomic E-state index is -0.481. The molecular weight excluding hydrogens is 176 g/mol. The molecule has 0 saturated carbocycles. The van der Waals surface area contributed by atoms with E-state index in [0.29, 0.717) is 11.3 Å². The Labute approximate surface area is 83.0 Å². The second kappa shape index (κ2) is 3.39. The number of nitrogens with zero attached hydrogens (tertiary/aromatic N) is 2. The lowest BCUT2D eigenvalue weighted by Crippen LogP contribution is -2.13. The molecule has 1 aromatic heterocycles. The molecule has 3 heteroatoms. The molecule has 1 N–H and O–H groups in total. The monoisotopic (exact) mass is 188 g/mol. The molecule has 1 heterocycles. The lowest BCUT2D eigenvalue weighted by Gasteiger charge is -2.21. The van der Waals surface area contributed by atoms with Crippen LogP contribution in [0.15, 0.2) is 6.07 Å². The van der Waals surface area contributed by atoms with Crippen LogP contribution in [0.1, 0.15) is 41.5 Å². The predicted molar refractivity (Wildman–Crippen MR) is 51.6 cm³/mol. The van der Waals surface area contributed by atoms with Gasteiger partial charge < -0.3 is 5.11 Å². The zero-order valence-electron chi connectivity index (χ0n) is 8.12. The molecule has 72 valence electrons. The van der Waals surface area contributed by atoms with Crippen molar-refractivity contribution in [2.75, 3.05) is 0 Å². The molecule has 0 radical (unpaired) electrons. The molecule has 0 aliphatic heterocycles. The van der Waals surface area contributed by atoms with Gasteiger partial charge in [0.15, 0.2) is 0 Å². The van der Waals surface area contributed by atoms with E-state index in [2.05, 4.69) is 11.1 Å². The Morgan fingerprint density at radius 3 is 3.14 bits per heavy atom. The smallest absolute Gasteiger partial charge is 0.0995 e. The maximum absolute atomic E-state index is 9.73. The van der Waals surface area contributed by atoms with Gasteiger partial charge in [-0.2, -0.15) is 5.26 Å². The summed E-state index contributed by atoms with van der Waals surface area (Å²) < 4.78 is 0. The second-order valence-corrected chi connectivity index (χ2v) is 3.69. The number of pyridine rings is 1. The van der Waals surface area contributed by atoms with Gasteiger partial charge in [0.25, 0.3) is 0 Å². The van der Waals surface area contributed by atoms with E-state index < -0.39 is 6.10 Å². The molecule has 0 saturated heterocycles. The topological polar surface area (TPSA) is 56.9 Å². The average Bonchev–Trinajstić information content (AvgIpc) is 2.18. The van der Waals surface area contributed by atoms with Crippen molar-refractivity contribution in [3.05, 3.63) is 28.6 Å². The van der Waals surface area contributed by atoms with E-state index in [1.54, 1.807) is 6.07 Å². The Balaban J connectivity index is 2.62. The van der Waals surface area contributed by atoms with Crippen LogP contribution in [0.5, 0.6) is 0 Å². The third-order valence-corrected chi connectivity index (χ3v) is 2.62. The third-order valence-electron chi connectivity index (χ3n) is 2.62. The number of hydrogen-bond donors (Lipinski definition) is 1. The van der Waals surface area contributed by atoms with Crippen molar-refractivity contribution in [3.8, 4) is 6.07 Å². The normalized spacial score (nSPS) is 19.9. The molecule has 1 unspecified atom stereocenters. The molecule has 0 bridgehead atoms. The number of aliphatic hydroxyl groups excluding tert-OH is 1. The first-order chi connectivity index (χ1) is 6.72. The van der Waals surface area contributed by atoms with Crippen molar-refractivity contribution in [3.63, 3.8) is 0 Å². The number of aliphatic hydroxyl groups is 1. The first-order valence-electron chi connectivity index (χ1n) is 4.81. The van der Waals surface area contributed by atoms with Crippen LogP contribution in [-0.4, -0.2) is 10.1 Å². The molecule has 1 aliphatic carbocycles. The highest BCUT2D eigenvalue weighted by atomic mass is 16.3. The molecule has 1 aliphatic rings. The largest absolute Gasteiger partial charge is 0.387 e. The van der Waals surface area contributed by atoms with E-state index in [-0.39, 0.29) is 0 Å². The molecule has 14 heavy (non-hydrogen) atoms. The van der Waals surface area contributed by atoms with Gasteiger partial charge in [-0.25, -0.2) is 0 Å². The van der Waals surface area contributed by atoms with Crippen molar-refractivity contribution in [1.29, 1.82) is 5.26 Å². The molecule has 1 atom stereocenters. The number of nitriles is 1. The summed E-state index contributed by atoms with van der Waals surface area (Å²) in [5.74, 6) is 0. The SMILES string of the molecule is Cc1cc(C#N)c2c(n1)C(O)CCC2. The lowest BCUT2D eigenvalue weighted by molar-refractivity contribution is 0.151. The van der Waals surface area contributed by atoms with Gasteiger partial charge in [0.2, 0.25) is 0 Å². The summed E-state index contributed by atoms with van der Waals surface area (Å²) in [5, 5.41) is 18.7. The van der Waals surface area contributed by atoms with Crippen molar-refractivity contribution in [1.82, 2.24) is 4.98 Å². The van der Waals surface area contributed by atoms with Gasteiger partial charge in [0, 0.05) is 5.69 Å². The van der Waals surface area contributed by atoms with Crippen LogP contribution in [0.25, 0.3) is 0 Å². The Hall–Kier alpha value is -1.40. The van der Waals surface area contributed by atoms with Gasteiger partial charge in [-0.1, -0.05) is 0 Å². The first-order valence-corrected chi connectivity index (χ1v) is 4.81. The predicted octanol–water partition coefficient (Wildman–Crippen LogP) is 1.63. The number of rotatable bonds is 0. The molecule has 0 aromatic carbocycles. The van der Waals surface area contributed by atoms with E-state index in [4.69, 9.17) is 5.26 Å². The van der Waals surface area contributed by atoms with E-state index in [1.165, 1.54) is 0 Å². The van der Waals surface area contributed by atoms with Crippen LogP contribution in [0.4, 0.5) is 0 Å². The van der Waals surface area contributed by atoms with E-state index in [0.717, 1.165) is 30.5 Å². The van der Waals surface area contributed by atoms with Crippen molar-refractivity contribution in [2.24, 2.45) is 0 Å². The molecule has 3 nitrogen and oxygen atoms in total.